The molecule has 1 atom stereocenters. The molecule has 90 valence electrons. The van der Waals surface area contributed by atoms with E-state index in [0.29, 0.717) is 6.04 Å². The summed E-state index contributed by atoms with van der Waals surface area (Å²) < 4.78 is 5.23. The van der Waals surface area contributed by atoms with E-state index in [9.17, 15) is 0 Å². The van der Waals surface area contributed by atoms with Crippen LogP contribution in [0.15, 0.2) is 16.8 Å². The Morgan fingerprint density at radius 3 is 3.12 bits per heavy atom. The van der Waals surface area contributed by atoms with Gasteiger partial charge < -0.3 is 4.74 Å². The van der Waals surface area contributed by atoms with Gasteiger partial charge in [0.15, 0.2) is 0 Å². The Balaban J connectivity index is 0.00000144. The van der Waals surface area contributed by atoms with Crippen LogP contribution < -0.4 is 18.9 Å². The number of methoxy groups -OCH3 is 1. The molecule has 1 saturated heterocycles. The van der Waals surface area contributed by atoms with Gasteiger partial charge in [0, 0.05) is 13.7 Å². The summed E-state index contributed by atoms with van der Waals surface area (Å²) in [5.41, 5.74) is 2.57. The predicted octanol–water partition coefficient (Wildman–Crippen LogP) is -0.598. The van der Waals surface area contributed by atoms with Crippen LogP contribution in [0.1, 0.15) is 32.6 Å². The van der Waals surface area contributed by atoms with Crippen molar-refractivity contribution in [2.45, 2.75) is 38.6 Å². The molecule has 0 N–H and O–H groups in total. The minimum atomic E-state index is 0. The van der Waals surface area contributed by atoms with Crippen LogP contribution in [0.2, 0.25) is 0 Å². The molecule has 2 rings (SSSR count). The van der Waals surface area contributed by atoms with Crippen molar-refractivity contribution >= 4 is 5.71 Å². The first-order valence-corrected chi connectivity index (χ1v) is 6.14. The first-order chi connectivity index (χ1) is 7.79. The van der Waals surface area contributed by atoms with Crippen molar-refractivity contribution in [3.05, 3.63) is 18.1 Å². The van der Waals surface area contributed by atoms with Crippen LogP contribution in [0.5, 0.6) is 0 Å². The number of hydrogen-bond acceptors (Lipinski definition) is 3. The Kier molecular flexibility index (Phi) is 6.19. The summed E-state index contributed by atoms with van der Waals surface area (Å²) in [6.07, 6.45) is 9.17. The zero-order chi connectivity index (χ0) is 11.4. The van der Waals surface area contributed by atoms with Gasteiger partial charge in [-0.05, 0) is 12.8 Å². The Bertz CT molecular complexity index is 302. The molecule has 2 aliphatic rings. The maximum atomic E-state index is 5.23. The quantitative estimate of drug-likeness (QED) is 0.476. The fourth-order valence-electron chi connectivity index (χ4n) is 2.36. The minimum absolute atomic E-state index is 0. The second kappa shape index (κ2) is 7.16. The fraction of sp³-hybridized carbons (Fsp3) is 0.692. The van der Waals surface area contributed by atoms with E-state index in [4.69, 9.17) is 9.84 Å². The summed E-state index contributed by atoms with van der Waals surface area (Å²) in [7, 11) is 1.76. The Morgan fingerprint density at radius 2 is 2.41 bits per heavy atom. The largest absolute Gasteiger partial charge is 1.00 e. The summed E-state index contributed by atoms with van der Waals surface area (Å²) in [4.78, 5) is 0. The zero-order valence-corrected chi connectivity index (χ0v) is 11.3. The van der Waals surface area contributed by atoms with E-state index in [2.05, 4.69) is 24.4 Å². The molecule has 0 bridgehead atoms. The van der Waals surface area contributed by atoms with E-state index in [1.807, 2.05) is 0 Å². The van der Waals surface area contributed by atoms with Gasteiger partial charge in [0.1, 0.15) is 0 Å². The standard InChI is InChI=1S/C13H21N2O.Li/c1-11-5-3-6-12(9-11)14-15-8-4-7-13(15)10-16-2;/h6,9,13H,3-5,7-8,10H2,1-2H3;/q-1;+1/b14-12-;/t13-;/m0./s1. The van der Waals surface area contributed by atoms with Gasteiger partial charge >= 0.3 is 18.9 Å². The molecule has 3 nitrogen and oxygen atoms in total. The van der Waals surface area contributed by atoms with E-state index in [-0.39, 0.29) is 18.9 Å². The molecule has 0 aromatic carbocycles. The molecule has 1 aliphatic heterocycles. The van der Waals surface area contributed by atoms with Crippen molar-refractivity contribution in [1.82, 2.24) is 5.01 Å². The maximum absolute atomic E-state index is 5.23. The third-order valence-electron chi connectivity index (χ3n) is 3.24. The third-order valence-corrected chi connectivity index (χ3v) is 3.24. The van der Waals surface area contributed by atoms with Crippen LogP contribution in [0.3, 0.4) is 0 Å². The van der Waals surface area contributed by atoms with Crippen molar-refractivity contribution in [2.75, 3.05) is 20.3 Å². The second-order valence-corrected chi connectivity index (χ2v) is 4.67. The molecule has 1 heterocycles. The molecule has 0 aromatic rings. The number of ether oxygens (including phenoxy) is 1. The van der Waals surface area contributed by atoms with Crippen LogP contribution in [0.25, 0.3) is 0 Å². The Hall–Kier alpha value is -0.363. The molecular weight excluding hydrogens is 207 g/mol. The minimum Gasteiger partial charge on any atom is -0.382 e. The SMILES string of the molecule is COC[C@@H]1CCCN1/N=C1\C=C(C)CC[CH-]1.[Li+]. The van der Waals surface area contributed by atoms with Crippen molar-refractivity contribution in [2.24, 2.45) is 5.10 Å². The summed E-state index contributed by atoms with van der Waals surface area (Å²) >= 11 is 0. The molecule has 0 unspecified atom stereocenters. The number of hydrazone groups is 1. The first kappa shape index (κ1) is 14.7. The molecule has 4 heteroatoms. The Morgan fingerprint density at radius 1 is 1.59 bits per heavy atom. The van der Waals surface area contributed by atoms with E-state index in [1.165, 1.54) is 24.8 Å². The molecule has 0 saturated carbocycles. The van der Waals surface area contributed by atoms with Gasteiger partial charge in [-0.1, -0.05) is 25.5 Å². The third kappa shape index (κ3) is 4.10. The van der Waals surface area contributed by atoms with Gasteiger partial charge in [-0.3, -0.25) is 5.01 Å². The van der Waals surface area contributed by atoms with Crippen molar-refractivity contribution in [3.63, 3.8) is 0 Å². The van der Waals surface area contributed by atoms with Gasteiger partial charge in [-0.15, -0.1) is 0 Å². The zero-order valence-electron chi connectivity index (χ0n) is 11.3. The first-order valence-electron chi connectivity index (χ1n) is 6.14. The number of rotatable bonds is 3. The molecule has 0 spiro atoms. The molecule has 1 fully saturated rings. The monoisotopic (exact) mass is 228 g/mol. The van der Waals surface area contributed by atoms with Crippen LogP contribution in [-0.4, -0.2) is 37.0 Å². The van der Waals surface area contributed by atoms with Crippen molar-refractivity contribution < 1.29 is 23.6 Å². The van der Waals surface area contributed by atoms with E-state index in [1.54, 1.807) is 7.11 Å². The molecule has 0 amide bonds. The smallest absolute Gasteiger partial charge is 0.382 e. The van der Waals surface area contributed by atoms with Crippen LogP contribution >= 0.6 is 0 Å². The summed E-state index contributed by atoms with van der Waals surface area (Å²) in [5.74, 6) is 0. The molecule has 0 aromatic heterocycles. The van der Waals surface area contributed by atoms with Crippen molar-refractivity contribution in [1.29, 1.82) is 0 Å². The van der Waals surface area contributed by atoms with Gasteiger partial charge in [-0.2, -0.15) is 11.6 Å². The molecule has 0 radical (unpaired) electrons. The van der Waals surface area contributed by atoms with Crippen LogP contribution in [0, 0.1) is 6.42 Å². The predicted molar refractivity (Wildman–Crippen MR) is 66.3 cm³/mol. The summed E-state index contributed by atoms with van der Waals surface area (Å²) in [6, 6.07) is 0.474. The average molecular weight is 228 g/mol. The average Bonchev–Trinajstić information content (AvgIpc) is 2.66. The van der Waals surface area contributed by atoms with Crippen molar-refractivity contribution in [3.8, 4) is 0 Å². The van der Waals surface area contributed by atoms with Crippen LogP contribution in [-0.2, 0) is 4.74 Å². The topological polar surface area (TPSA) is 24.8 Å². The van der Waals surface area contributed by atoms with Gasteiger partial charge in [-0.25, -0.2) is 11.5 Å². The fourth-order valence-corrected chi connectivity index (χ4v) is 2.36. The van der Waals surface area contributed by atoms with Gasteiger partial charge in [0.2, 0.25) is 0 Å². The maximum Gasteiger partial charge on any atom is 1.00 e. The van der Waals surface area contributed by atoms with E-state index >= 15 is 0 Å². The second-order valence-electron chi connectivity index (χ2n) is 4.67. The van der Waals surface area contributed by atoms with E-state index in [0.717, 1.165) is 25.3 Å². The molecule has 17 heavy (non-hydrogen) atoms. The van der Waals surface area contributed by atoms with Gasteiger partial charge in [0.05, 0.1) is 12.6 Å². The summed E-state index contributed by atoms with van der Waals surface area (Å²) in [5, 5.41) is 6.92. The molecular formula is C13H21LiN2O. The van der Waals surface area contributed by atoms with Gasteiger partial charge in [0.25, 0.3) is 0 Å². The number of nitrogens with zero attached hydrogens (tertiary/aromatic N) is 2. The number of allylic oxidation sites excluding steroid dienone is 2. The summed E-state index contributed by atoms with van der Waals surface area (Å²) in [6.45, 7) is 4.04. The van der Waals surface area contributed by atoms with Crippen LogP contribution in [0.4, 0.5) is 0 Å². The number of hydrogen-bond donors (Lipinski definition) is 0. The Labute approximate surface area is 116 Å². The normalized spacial score (nSPS) is 26.5. The molecule has 1 aliphatic carbocycles. The van der Waals surface area contributed by atoms with E-state index < -0.39 is 0 Å².